The second kappa shape index (κ2) is 8.06. The number of carbonyl (C=O) groups is 2. The predicted molar refractivity (Wildman–Crippen MR) is 107 cm³/mol. The number of carboxylic acids is 1. The average molecular weight is 400 g/mol. The maximum absolute atomic E-state index is 13.1. The van der Waals surface area contributed by atoms with Gasteiger partial charge in [0.25, 0.3) is 0 Å². The first kappa shape index (κ1) is 19.8. The van der Waals surface area contributed by atoms with Gasteiger partial charge in [-0.25, -0.2) is 0 Å². The van der Waals surface area contributed by atoms with Gasteiger partial charge in [-0.1, -0.05) is 17.2 Å². The number of hydrogen-bond acceptors (Lipinski definition) is 5. The molecular formula is C22H28N2O5. The molecule has 7 heteroatoms. The van der Waals surface area contributed by atoms with Gasteiger partial charge in [-0.05, 0) is 44.4 Å². The van der Waals surface area contributed by atoms with Crippen LogP contribution in [0.1, 0.15) is 32.3 Å². The monoisotopic (exact) mass is 400 g/mol. The fourth-order valence-electron chi connectivity index (χ4n) is 4.47. The molecule has 0 saturated carbocycles. The zero-order valence-corrected chi connectivity index (χ0v) is 17.0. The molecule has 3 aliphatic rings. The number of fused-ring (bicyclic) bond motifs is 1. The lowest BCUT2D eigenvalue weighted by atomic mass is 9.76. The van der Waals surface area contributed by atoms with Gasteiger partial charge in [-0.2, -0.15) is 0 Å². The van der Waals surface area contributed by atoms with Crippen molar-refractivity contribution in [3.05, 3.63) is 34.9 Å². The number of ether oxygens (including phenoxy) is 2. The molecule has 2 aliphatic heterocycles. The number of allylic oxidation sites excluding steroid dienone is 2. The number of hydrogen-bond donors (Lipinski definition) is 1. The molecule has 2 atom stereocenters. The Morgan fingerprint density at radius 2 is 1.66 bits per heavy atom. The zero-order valence-electron chi connectivity index (χ0n) is 17.0. The molecule has 0 spiro atoms. The van der Waals surface area contributed by atoms with Crippen molar-refractivity contribution >= 4 is 11.9 Å². The van der Waals surface area contributed by atoms with Crippen molar-refractivity contribution in [3.8, 4) is 11.5 Å². The van der Waals surface area contributed by atoms with E-state index in [9.17, 15) is 14.7 Å². The van der Waals surface area contributed by atoms with Gasteiger partial charge in [0.2, 0.25) is 12.7 Å². The molecule has 4 rings (SSSR count). The largest absolute Gasteiger partial charge is 0.481 e. The number of aliphatic carboxylic acids is 1. The van der Waals surface area contributed by atoms with Crippen LogP contribution in [0.5, 0.6) is 11.5 Å². The molecule has 1 aromatic carbocycles. The second-order valence-electron chi connectivity index (χ2n) is 8.31. The highest BCUT2D eigenvalue weighted by molar-refractivity contribution is 5.85. The van der Waals surface area contributed by atoms with Gasteiger partial charge in [0.05, 0.1) is 11.8 Å². The number of nitrogens with zero attached hydrogens (tertiary/aromatic N) is 2. The average Bonchev–Trinajstić information content (AvgIpc) is 3.17. The van der Waals surface area contributed by atoms with Crippen molar-refractivity contribution in [3.63, 3.8) is 0 Å². The van der Waals surface area contributed by atoms with Gasteiger partial charge in [-0.3, -0.25) is 14.5 Å². The topological polar surface area (TPSA) is 79.3 Å². The van der Waals surface area contributed by atoms with Gasteiger partial charge in [0, 0.05) is 32.7 Å². The van der Waals surface area contributed by atoms with E-state index in [1.165, 1.54) is 0 Å². The van der Waals surface area contributed by atoms with E-state index in [4.69, 9.17) is 9.47 Å². The third-order valence-electron chi connectivity index (χ3n) is 6.43. The lowest BCUT2D eigenvalue weighted by Gasteiger charge is -2.38. The standard InChI is InChI=1S/C22H28N2O5/c1-14-9-17(18(22(26)27)10-15(14)2)21(25)24-7-5-23(6-8-24)12-16-3-4-19-20(11-16)29-13-28-19/h3-4,11,17-18H,5-10,12-13H2,1-2H3,(H,26,27)/t17-,18+/m1/s1. The van der Waals surface area contributed by atoms with Gasteiger partial charge in [0.15, 0.2) is 11.5 Å². The van der Waals surface area contributed by atoms with Gasteiger partial charge in [-0.15, -0.1) is 0 Å². The van der Waals surface area contributed by atoms with Crippen molar-refractivity contribution in [1.29, 1.82) is 0 Å². The first-order valence-electron chi connectivity index (χ1n) is 10.2. The highest BCUT2D eigenvalue weighted by Gasteiger charge is 2.39. The number of carbonyl (C=O) groups excluding carboxylic acids is 1. The minimum Gasteiger partial charge on any atom is -0.481 e. The first-order valence-corrected chi connectivity index (χ1v) is 10.2. The Balaban J connectivity index is 1.35. The van der Waals surface area contributed by atoms with Crippen LogP contribution in [0.25, 0.3) is 0 Å². The van der Waals surface area contributed by atoms with Crippen LogP contribution in [0.15, 0.2) is 29.3 Å². The van der Waals surface area contributed by atoms with Crippen molar-refractivity contribution in [2.75, 3.05) is 33.0 Å². The molecule has 1 amide bonds. The van der Waals surface area contributed by atoms with Gasteiger partial charge < -0.3 is 19.5 Å². The summed E-state index contributed by atoms with van der Waals surface area (Å²) in [5.74, 6) is -0.366. The molecule has 1 aliphatic carbocycles. The normalized spacial score (nSPS) is 24.7. The van der Waals surface area contributed by atoms with E-state index >= 15 is 0 Å². The summed E-state index contributed by atoms with van der Waals surface area (Å²) in [5.41, 5.74) is 3.42. The van der Waals surface area contributed by atoms with Gasteiger partial charge >= 0.3 is 5.97 Å². The minimum atomic E-state index is -0.864. The number of piperazine rings is 1. The molecule has 156 valence electrons. The summed E-state index contributed by atoms with van der Waals surface area (Å²) >= 11 is 0. The fourth-order valence-corrected chi connectivity index (χ4v) is 4.47. The summed E-state index contributed by atoms with van der Waals surface area (Å²) in [6, 6.07) is 5.99. The highest BCUT2D eigenvalue weighted by Crippen LogP contribution is 2.36. The zero-order chi connectivity index (χ0) is 20.5. The SMILES string of the molecule is CC1=C(C)C[C@@H](C(=O)N2CCN(Cc3ccc4c(c3)OCO4)CC2)[C@@H](C(=O)O)C1. The van der Waals surface area contributed by atoms with Crippen LogP contribution in [0.2, 0.25) is 0 Å². The summed E-state index contributed by atoms with van der Waals surface area (Å²) in [4.78, 5) is 29.0. The van der Waals surface area contributed by atoms with E-state index < -0.39 is 17.8 Å². The third kappa shape index (κ3) is 4.10. The van der Waals surface area contributed by atoms with Crippen LogP contribution in [0.4, 0.5) is 0 Å². The molecule has 0 aromatic heterocycles. The van der Waals surface area contributed by atoms with E-state index in [0.717, 1.165) is 47.8 Å². The Kier molecular flexibility index (Phi) is 5.50. The summed E-state index contributed by atoms with van der Waals surface area (Å²) < 4.78 is 10.8. The molecule has 1 fully saturated rings. The van der Waals surface area contributed by atoms with Gasteiger partial charge in [0.1, 0.15) is 0 Å². The van der Waals surface area contributed by atoms with E-state index in [1.807, 2.05) is 36.9 Å². The van der Waals surface area contributed by atoms with Crippen LogP contribution in [0, 0.1) is 11.8 Å². The van der Waals surface area contributed by atoms with E-state index in [-0.39, 0.29) is 12.7 Å². The number of carboxylic acid groups (broad SMARTS) is 1. The number of benzene rings is 1. The highest BCUT2D eigenvalue weighted by atomic mass is 16.7. The Labute approximate surface area is 170 Å². The lowest BCUT2D eigenvalue weighted by molar-refractivity contribution is -0.151. The molecule has 0 unspecified atom stereocenters. The van der Waals surface area contributed by atoms with Crippen LogP contribution >= 0.6 is 0 Å². The quantitative estimate of drug-likeness (QED) is 0.783. The number of amides is 1. The Hall–Kier alpha value is -2.54. The molecule has 7 nitrogen and oxygen atoms in total. The van der Waals surface area contributed by atoms with Crippen LogP contribution in [0.3, 0.4) is 0 Å². The third-order valence-corrected chi connectivity index (χ3v) is 6.43. The van der Waals surface area contributed by atoms with Crippen LogP contribution < -0.4 is 9.47 Å². The molecule has 1 aromatic rings. The Bertz CT molecular complexity index is 842. The predicted octanol–water partition coefficient (Wildman–Crippen LogP) is 2.51. The maximum Gasteiger partial charge on any atom is 0.307 e. The van der Waals surface area contributed by atoms with Crippen molar-refractivity contribution in [2.45, 2.75) is 33.2 Å². The van der Waals surface area contributed by atoms with Crippen LogP contribution in [-0.2, 0) is 16.1 Å². The molecule has 2 heterocycles. The fraction of sp³-hybridized carbons (Fsp3) is 0.545. The van der Waals surface area contributed by atoms with Crippen molar-refractivity contribution in [1.82, 2.24) is 9.80 Å². The minimum absolute atomic E-state index is 0.00743. The molecular weight excluding hydrogens is 372 g/mol. The number of rotatable bonds is 4. The van der Waals surface area contributed by atoms with Crippen molar-refractivity contribution in [2.24, 2.45) is 11.8 Å². The van der Waals surface area contributed by atoms with Crippen LogP contribution in [-0.4, -0.2) is 59.8 Å². The van der Waals surface area contributed by atoms with E-state index in [0.29, 0.717) is 25.9 Å². The van der Waals surface area contributed by atoms with E-state index in [2.05, 4.69) is 4.90 Å². The molecule has 1 saturated heterocycles. The Morgan fingerprint density at radius 1 is 1.00 bits per heavy atom. The molecule has 1 N–H and O–H groups in total. The second-order valence-corrected chi connectivity index (χ2v) is 8.31. The Morgan fingerprint density at radius 3 is 2.34 bits per heavy atom. The maximum atomic E-state index is 13.1. The summed E-state index contributed by atoms with van der Waals surface area (Å²) in [5, 5.41) is 9.61. The molecule has 0 bridgehead atoms. The molecule has 29 heavy (non-hydrogen) atoms. The first-order chi connectivity index (χ1) is 13.9. The van der Waals surface area contributed by atoms with Crippen molar-refractivity contribution < 1.29 is 24.2 Å². The summed E-state index contributed by atoms with van der Waals surface area (Å²) in [7, 11) is 0. The molecule has 0 radical (unpaired) electrons. The van der Waals surface area contributed by atoms with E-state index in [1.54, 1.807) is 0 Å². The summed E-state index contributed by atoms with van der Waals surface area (Å²) in [6.45, 7) is 7.87. The summed E-state index contributed by atoms with van der Waals surface area (Å²) in [6.07, 6.45) is 1.03. The lowest BCUT2D eigenvalue weighted by Crippen LogP contribution is -2.51. The smallest absolute Gasteiger partial charge is 0.307 e.